The number of amides is 1. The smallest absolute Gasteiger partial charge is 0.261 e. The van der Waals surface area contributed by atoms with Crippen LogP contribution in [0.2, 0.25) is 0 Å². The highest BCUT2D eigenvalue weighted by molar-refractivity contribution is 7.18. The fourth-order valence-electron chi connectivity index (χ4n) is 3.02. The molecule has 3 aromatic rings. The predicted molar refractivity (Wildman–Crippen MR) is 102 cm³/mol. The zero-order chi connectivity index (χ0) is 16.4. The summed E-state index contributed by atoms with van der Waals surface area (Å²) < 4.78 is 0. The molecule has 24 heavy (non-hydrogen) atoms. The number of fused-ring (bicyclic) bond motifs is 1. The van der Waals surface area contributed by atoms with Crippen LogP contribution in [0.1, 0.15) is 26.5 Å². The van der Waals surface area contributed by atoms with Crippen molar-refractivity contribution in [3.63, 3.8) is 0 Å². The summed E-state index contributed by atoms with van der Waals surface area (Å²) in [5, 5.41) is 6.17. The van der Waals surface area contributed by atoms with Crippen LogP contribution in [0, 0.1) is 0 Å². The Kier molecular flexibility index (Phi) is 4.36. The first-order chi connectivity index (χ1) is 11.8. The van der Waals surface area contributed by atoms with E-state index in [4.69, 9.17) is 0 Å². The van der Waals surface area contributed by atoms with Gasteiger partial charge in [0.25, 0.3) is 5.91 Å². The highest BCUT2D eigenvalue weighted by Crippen LogP contribution is 2.37. The Labute approximate surface area is 149 Å². The van der Waals surface area contributed by atoms with Crippen molar-refractivity contribution in [2.75, 3.05) is 11.4 Å². The fourth-order valence-corrected chi connectivity index (χ4v) is 4.63. The molecule has 2 aromatic heterocycles. The molecule has 1 aromatic carbocycles. The second kappa shape index (κ2) is 6.79. The van der Waals surface area contributed by atoms with E-state index < -0.39 is 0 Å². The topological polar surface area (TPSA) is 32.3 Å². The lowest BCUT2D eigenvalue weighted by Gasteiger charge is -2.30. The number of nitrogens with zero attached hydrogens (tertiary/aromatic N) is 1. The fraction of sp³-hybridized carbons (Fsp3) is 0.211. The van der Waals surface area contributed by atoms with Crippen molar-refractivity contribution in [1.82, 2.24) is 5.32 Å². The van der Waals surface area contributed by atoms with Crippen molar-refractivity contribution in [3.05, 3.63) is 69.2 Å². The molecule has 0 radical (unpaired) electrons. The van der Waals surface area contributed by atoms with E-state index in [0.717, 1.165) is 29.3 Å². The van der Waals surface area contributed by atoms with Gasteiger partial charge in [0.1, 0.15) is 0 Å². The van der Waals surface area contributed by atoms with Gasteiger partial charge in [-0.1, -0.05) is 24.3 Å². The van der Waals surface area contributed by atoms with E-state index in [9.17, 15) is 4.79 Å². The highest BCUT2D eigenvalue weighted by atomic mass is 32.1. The summed E-state index contributed by atoms with van der Waals surface area (Å²) in [6.07, 6.45) is 2.28. The van der Waals surface area contributed by atoms with Crippen LogP contribution in [0.3, 0.4) is 0 Å². The third-order valence-corrected chi connectivity index (χ3v) is 6.18. The molecule has 0 unspecified atom stereocenters. The van der Waals surface area contributed by atoms with Gasteiger partial charge in [0, 0.05) is 17.1 Å². The minimum Gasteiger partial charge on any atom is -0.346 e. The Morgan fingerprint density at radius 2 is 2.04 bits per heavy atom. The van der Waals surface area contributed by atoms with E-state index in [-0.39, 0.29) is 5.91 Å². The number of nitrogens with one attached hydrogen (secondary N) is 1. The molecule has 1 aliphatic heterocycles. The zero-order valence-electron chi connectivity index (χ0n) is 13.2. The molecule has 5 heteroatoms. The summed E-state index contributed by atoms with van der Waals surface area (Å²) in [5.74, 6) is 0.00458. The van der Waals surface area contributed by atoms with E-state index in [2.05, 4.69) is 40.5 Å². The molecule has 0 spiro atoms. The van der Waals surface area contributed by atoms with Gasteiger partial charge < -0.3 is 10.2 Å². The number of anilines is 2. The maximum Gasteiger partial charge on any atom is 0.261 e. The first kappa shape index (κ1) is 15.4. The van der Waals surface area contributed by atoms with E-state index >= 15 is 0 Å². The van der Waals surface area contributed by atoms with Crippen molar-refractivity contribution in [2.45, 2.75) is 19.4 Å². The van der Waals surface area contributed by atoms with Crippen LogP contribution in [0.5, 0.6) is 0 Å². The summed E-state index contributed by atoms with van der Waals surface area (Å²) in [6.45, 7) is 1.60. The minimum atomic E-state index is 0.00458. The number of rotatable bonds is 4. The number of para-hydroxylation sites is 1. The van der Waals surface area contributed by atoms with Crippen molar-refractivity contribution < 1.29 is 4.79 Å². The molecule has 0 bridgehead atoms. The summed E-state index contributed by atoms with van der Waals surface area (Å²) >= 11 is 3.23. The molecule has 4 rings (SSSR count). The normalized spacial score (nSPS) is 13.6. The van der Waals surface area contributed by atoms with Crippen LogP contribution in [0.25, 0.3) is 0 Å². The largest absolute Gasteiger partial charge is 0.346 e. The Morgan fingerprint density at radius 1 is 1.12 bits per heavy atom. The number of hydrogen-bond donors (Lipinski definition) is 1. The SMILES string of the molecule is O=C(NCc1cccs1)c1ccc(N2CCCc3ccccc32)s1. The molecule has 3 heterocycles. The van der Waals surface area contributed by atoms with Crippen LogP contribution in [0.4, 0.5) is 10.7 Å². The molecule has 0 saturated heterocycles. The van der Waals surface area contributed by atoms with Gasteiger partial charge in [0.2, 0.25) is 0 Å². The van der Waals surface area contributed by atoms with Crippen molar-refractivity contribution in [3.8, 4) is 0 Å². The Balaban J connectivity index is 1.50. The molecule has 1 amide bonds. The number of carbonyl (C=O) groups is 1. The highest BCUT2D eigenvalue weighted by Gasteiger charge is 2.20. The van der Waals surface area contributed by atoms with Gasteiger partial charge >= 0.3 is 0 Å². The summed E-state index contributed by atoms with van der Waals surface area (Å²) in [5.41, 5.74) is 2.66. The molecular formula is C19H18N2OS2. The first-order valence-corrected chi connectivity index (χ1v) is 9.77. The lowest BCUT2D eigenvalue weighted by atomic mass is 10.0. The lowest BCUT2D eigenvalue weighted by Crippen LogP contribution is -2.23. The number of hydrogen-bond acceptors (Lipinski definition) is 4. The van der Waals surface area contributed by atoms with Gasteiger partial charge in [-0.25, -0.2) is 0 Å². The van der Waals surface area contributed by atoms with E-state index in [1.165, 1.54) is 16.1 Å². The van der Waals surface area contributed by atoms with Crippen LogP contribution in [0.15, 0.2) is 53.9 Å². The third-order valence-electron chi connectivity index (χ3n) is 4.20. The number of thiophene rings is 2. The quantitative estimate of drug-likeness (QED) is 0.728. The molecule has 0 atom stereocenters. The van der Waals surface area contributed by atoms with Crippen LogP contribution in [-0.2, 0) is 13.0 Å². The second-order valence-electron chi connectivity index (χ2n) is 5.78. The summed E-state index contributed by atoms with van der Waals surface area (Å²) in [7, 11) is 0. The van der Waals surface area contributed by atoms with Gasteiger partial charge in [0.15, 0.2) is 0 Å². The standard InChI is InChI=1S/C19H18N2OS2/c22-19(20-13-15-7-4-12-23-15)17-9-10-18(24-17)21-11-3-6-14-5-1-2-8-16(14)21/h1-2,4-5,7-10,12H,3,6,11,13H2,(H,20,22). The number of aryl methyl sites for hydroxylation is 1. The van der Waals surface area contributed by atoms with E-state index in [0.29, 0.717) is 6.54 Å². The van der Waals surface area contributed by atoms with Crippen molar-refractivity contribution >= 4 is 39.3 Å². The molecule has 0 aliphatic carbocycles. The minimum absolute atomic E-state index is 0.00458. The summed E-state index contributed by atoms with van der Waals surface area (Å²) in [4.78, 5) is 16.6. The van der Waals surface area contributed by atoms with Gasteiger partial charge in [-0.3, -0.25) is 4.79 Å². The van der Waals surface area contributed by atoms with Crippen molar-refractivity contribution in [2.24, 2.45) is 0 Å². The molecule has 1 aliphatic rings. The van der Waals surface area contributed by atoms with Gasteiger partial charge in [-0.2, -0.15) is 0 Å². The zero-order valence-corrected chi connectivity index (χ0v) is 14.8. The van der Waals surface area contributed by atoms with Gasteiger partial charge in [0.05, 0.1) is 16.4 Å². The van der Waals surface area contributed by atoms with Gasteiger partial charge in [-0.05, 0) is 48.1 Å². The van der Waals surface area contributed by atoms with Crippen LogP contribution in [-0.4, -0.2) is 12.5 Å². The monoisotopic (exact) mass is 354 g/mol. The molecule has 122 valence electrons. The third kappa shape index (κ3) is 3.09. The molecule has 1 N–H and O–H groups in total. The van der Waals surface area contributed by atoms with E-state index in [1.54, 1.807) is 22.7 Å². The number of benzene rings is 1. The predicted octanol–water partition coefficient (Wildman–Crippen LogP) is 4.82. The molecule has 0 saturated carbocycles. The van der Waals surface area contributed by atoms with Crippen LogP contribution < -0.4 is 10.2 Å². The second-order valence-corrected chi connectivity index (χ2v) is 7.88. The Morgan fingerprint density at radius 3 is 2.92 bits per heavy atom. The average molecular weight is 354 g/mol. The van der Waals surface area contributed by atoms with Crippen molar-refractivity contribution in [1.29, 1.82) is 0 Å². The maximum absolute atomic E-state index is 12.4. The molecule has 3 nitrogen and oxygen atoms in total. The van der Waals surface area contributed by atoms with Gasteiger partial charge in [-0.15, -0.1) is 22.7 Å². The average Bonchev–Trinajstić information content (AvgIpc) is 3.31. The maximum atomic E-state index is 12.4. The Hall–Kier alpha value is -2.11. The number of carbonyl (C=O) groups excluding carboxylic acids is 1. The lowest BCUT2D eigenvalue weighted by molar-refractivity contribution is 0.0955. The molecule has 0 fully saturated rings. The Bertz CT molecular complexity index is 839. The first-order valence-electron chi connectivity index (χ1n) is 8.07. The van der Waals surface area contributed by atoms with E-state index in [1.807, 2.05) is 23.6 Å². The summed E-state index contributed by atoms with van der Waals surface area (Å²) in [6, 6.07) is 16.6. The molecular weight excluding hydrogens is 336 g/mol. The van der Waals surface area contributed by atoms with Crippen LogP contribution >= 0.6 is 22.7 Å².